The average molecular weight is 320 g/mol. The van der Waals surface area contributed by atoms with Crippen LogP contribution in [0.4, 0.5) is 0 Å². The van der Waals surface area contributed by atoms with E-state index in [0.717, 1.165) is 40.8 Å². The van der Waals surface area contributed by atoms with Gasteiger partial charge in [0.2, 0.25) is 0 Å². The molecule has 0 unspecified atom stereocenters. The molecule has 1 aromatic carbocycles. The molecular formula is C18H24O5. The van der Waals surface area contributed by atoms with Crippen molar-refractivity contribution in [3.05, 3.63) is 22.3 Å². The number of ether oxygens (including phenoxy) is 2. The lowest BCUT2D eigenvalue weighted by atomic mass is 9.88. The standard InChI is InChI=1S/C18H24O5/c1-10-11(2)17-13(8-9-18(4,5)23-17)12(3)16(10)22-15(21)7-6-14(19)20/h6-9H2,1-5H3,(H,19,20). The molecule has 1 aliphatic rings. The molecule has 0 atom stereocenters. The minimum Gasteiger partial charge on any atom is -0.487 e. The fourth-order valence-electron chi connectivity index (χ4n) is 2.88. The summed E-state index contributed by atoms with van der Waals surface area (Å²) in [5, 5.41) is 8.66. The summed E-state index contributed by atoms with van der Waals surface area (Å²) < 4.78 is 11.6. The fraction of sp³-hybridized carbons (Fsp3) is 0.556. The second kappa shape index (κ2) is 6.22. The average Bonchev–Trinajstić information content (AvgIpc) is 2.46. The van der Waals surface area contributed by atoms with Crippen LogP contribution in [-0.4, -0.2) is 22.6 Å². The molecule has 126 valence electrons. The van der Waals surface area contributed by atoms with Crippen LogP contribution in [0.25, 0.3) is 0 Å². The maximum atomic E-state index is 11.9. The Labute approximate surface area is 136 Å². The van der Waals surface area contributed by atoms with E-state index in [4.69, 9.17) is 14.6 Å². The molecule has 2 rings (SSSR count). The summed E-state index contributed by atoms with van der Waals surface area (Å²) in [5.41, 5.74) is 3.62. The summed E-state index contributed by atoms with van der Waals surface area (Å²) in [6.07, 6.45) is 1.41. The van der Waals surface area contributed by atoms with Crippen molar-refractivity contribution in [2.75, 3.05) is 0 Å². The third-order valence-electron chi connectivity index (χ3n) is 4.43. The molecule has 0 aromatic heterocycles. The molecule has 0 amide bonds. The van der Waals surface area contributed by atoms with E-state index < -0.39 is 11.9 Å². The number of fused-ring (bicyclic) bond motifs is 1. The van der Waals surface area contributed by atoms with Gasteiger partial charge in [0.25, 0.3) is 0 Å². The van der Waals surface area contributed by atoms with Crippen LogP contribution in [0.1, 0.15) is 55.4 Å². The van der Waals surface area contributed by atoms with E-state index >= 15 is 0 Å². The van der Waals surface area contributed by atoms with Crippen molar-refractivity contribution in [2.24, 2.45) is 0 Å². The highest BCUT2D eigenvalue weighted by Gasteiger charge is 2.31. The maximum absolute atomic E-state index is 11.9. The first-order valence-corrected chi connectivity index (χ1v) is 7.86. The molecule has 0 saturated heterocycles. The molecule has 1 aromatic rings. The highest BCUT2D eigenvalue weighted by molar-refractivity contribution is 5.79. The van der Waals surface area contributed by atoms with Gasteiger partial charge < -0.3 is 14.6 Å². The third kappa shape index (κ3) is 3.66. The summed E-state index contributed by atoms with van der Waals surface area (Å²) in [6.45, 7) is 9.92. The second-order valence-electron chi connectivity index (χ2n) is 6.74. The molecule has 5 heteroatoms. The van der Waals surface area contributed by atoms with Crippen molar-refractivity contribution >= 4 is 11.9 Å². The van der Waals surface area contributed by atoms with Gasteiger partial charge in [-0.25, -0.2) is 0 Å². The Hall–Kier alpha value is -2.04. The SMILES string of the molecule is Cc1c(C)c2c(c(C)c1OC(=O)CCC(=O)O)CCC(C)(C)O2. The molecule has 1 heterocycles. The number of carboxylic acids is 1. The lowest BCUT2D eigenvalue weighted by molar-refractivity contribution is -0.142. The Bertz CT molecular complexity index is 658. The number of hydrogen-bond donors (Lipinski definition) is 1. The first-order chi connectivity index (χ1) is 10.6. The maximum Gasteiger partial charge on any atom is 0.311 e. The van der Waals surface area contributed by atoms with Crippen molar-refractivity contribution in [3.8, 4) is 11.5 Å². The van der Waals surface area contributed by atoms with Crippen LogP contribution >= 0.6 is 0 Å². The van der Waals surface area contributed by atoms with Crippen molar-refractivity contribution in [1.29, 1.82) is 0 Å². The molecule has 0 bridgehead atoms. The molecule has 0 saturated carbocycles. The zero-order valence-electron chi connectivity index (χ0n) is 14.4. The van der Waals surface area contributed by atoms with Gasteiger partial charge >= 0.3 is 11.9 Å². The van der Waals surface area contributed by atoms with Crippen LogP contribution in [0.5, 0.6) is 11.5 Å². The number of aliphatic carboxylic acids is 1. The van der Waals surface area contributed by atoms with Gasteiger partial charge in [0, 0.05) is 5.56 Å². The van der Waals surface area contributed by atoms with Gasteiger partial charge in [-0.15, -0.1) is 0 Å². The van der Waals surface area contributed by atoms with E-state index in [1.165, 1.54) is 0 Å². The summed E-state index contributed by atoms with van der Waals surface area (Å²) >= 11 is 0. The monoisotopic (exact) mass is 320 g/mol. The summed E-state index contributed by atoms with van der Waals surface area (Å²) in [5.74, 6) is -0.0933. The highest BCUT2D eigenvalue weighted by atomic mass is 16.5. The number of rotatable bonds is 4. The van der Waals surface area contributed by atoms with E-state index in [2.05, 4.69) is 13.8 Å². The fourth-order valence-corrected chi connectivity index (χ4v) is 2.88. The topological polar surface area (TPSA) is 72.8 Å². The zero-order valence-corrected chi connectivity index (χ0v) is 14.4. The molecule has 1 N–H and O–H groups in total. The highest BCUT2D eigenvalue weighted by Crippen LogP contribution is 2.43. The molecule has 5 nitrogen and oxygen atoms in total. The number of benzene rings is 1. The first kappa shape index (κ1) is 17.3. The predicted octanol–water partition coefficient (Wildman–Crippen LogP) is 3.49. The molecule has 0 radical (unpaired) electrons. The summed E-state index contributed by atoms with van der Waals surface area (Å²) in [4.78, 5) is 22.5. The normalized spacial score (nSPS) is 15.5. The van der Waals surface area contributed by atoms with Crippen LogP contribution in [0, 0.1) is 20.8 Å². The quantitative estimate of drug-likeness (QED) is 0.679. The molecule has 0 spiro atoms. The van der Waals surface area contributed by atoms with Crippen molar-refractivity contribution in [3.63, 3.8) is 0 Å². The molecule has 0 aliphatic carbocycles. The largest absolute Gasteiger partial charge is 0.487 e. The van der Waals surface area contributed by atoms with Crippen LogP contribution in [0.15, 0.2) is 0 Å². The predicted molar refractivity (Wildman–Crippen MR) is 86.2 cm³/mol. The Kier molecular flexibility index (Phi) is 4.68. The zero-order chi connectivity index (χ0) is 17.4. The Morgan fingerprint density at radius 2 is 1.78 bits per heavy atom. The Morgan fingerprint density at radius 1 is 1.13 bits per heavy atom. The van der Waals surface area contributed by atoms with E-state index in [9.17, 15) is 9.59 Å². The van der Waals surface area contributed by atoms with Gasteiger partial charge in [-0.3, -0.25) is 9.59 Å². The van der Waals surface area contributed by atoms with Crippen molar-refractivity contribution in [1.82, 2.24) is 0 Å². The second-order valence-corrected chi connectivity index (χ2v) is 6.74. The van der Waals surface area contributed by atoms with Crippen molar-refractivity contribution < 1.29 is 24.2 Å². The number of esters is 1. The minimum absolute atomic E-state index is 0.131. The van der Waals surface area contributed by atoms with Crippen LogP contribution < -0.4 is 9.47 Å². The van der Waals surface area contributed by atoms with Crippen molar-refractivity contribution in [2.45, 2.75) is 65.9 Å². The molecule has 1 aliphatic heterocycles. The van der Waals surface area contributed by atoms with Gasteiger partial charge in [-0.2, -0.15) is 0 Å². The third-order valence-corrected chi connectivity index (χ3v) is 4.43. The number of carbonyl (C=O) groups is 2. The summed E-state index contributed by atoms with van der Waals surface area (Å²) in [6, 6.07) is 0. The summed E-state index contributed by atoms with van der Waals surface area (Å²) in [7, 11) is 0. The first-order valence-electron chi connectivity index (χ1n) is 7.86. The number of carboxylic acid groups (broad SMARTS) is 1. The van der Waals surface area contributed by atoms with Crippen LogP contribution in [0.2, 0.25) is 0 Å². The van der Waals surface area contributed by atoms with E-state index in [1.54, 1.807) is 0 Å². The number of carbonyl (C=O) groups excluding carboxylic acids is 1. The minimum atomic E-state index is -1.01. The van der Waals surface area contributed by atoms with Gasteiger partial charge in [0.15, 0.2) is 0 Å². The lowest BCUT2D eigenvalue weighted by Gasteiger charge is -2.35. The lowest BCUT2D eigenvalue weighted by Crippen LogP contribution is -2.33. The van der Waals surface area contributed by atoms with Crippen LogP contribution in [-0.2, 0) is 16.0 Å². The number of hydrogen-bond acceptors (Lipinski definition) is 4. The molecule has 0 fully saturated rings. The Balaban J connectivity index is 2.34. The van der Waals surface area contributed by atoms with E-state index in [-0.39, 0.29) is 18.4 Å². The van der Waals surface area contributed by atoms with Gasteiger partial charge in [-0.1, -0.05) is 0 Å². The van der Waals surface area contributed by atoms with E-state index in [0.29, 0.717) is 5.75 Å². The van der Waals surface area contributed by atoms with Gasteiger partial charge in [0.05, 0.1) is 12.8 Å². The van der Waals surface area contributed by atoms with Crippen LogP contribution in [0.3, 0.4) is 0 Å². The smallest absolute Gasteiger partial charge is 0.311 e. The molecule has 23 heavy (non-hydrogen) atoms. The van der Waals surface area contributed by atoms with Gasteiger partial charge in [-0.05, 0) is 64.2 Å². The Morgan fingerprint density at radius 3 is 2.39 bits per heavy atom. The molecular weight excluding hydrogens is 296 g/mol. The van der Waals surface area contributed by atoms with Gasteiger partial charge in [0.1, 0.15) is 17.1 Å². The van der Waals surface area contributed by atoms with E-state index in [1.807, 2.05) is 20.8 Å².